The minimum atomic E-state index is -5.34. The predicted octanol–water partition coefficient (Wildman–Crippen LogP) is -0.252. The molecular formula is C16H20F3NO10. The molecule has 14 heteroatoms. The smallest absolute Gasteiger partial charge is 0.463 e. The molecule has 0 radical (unpaired) electrons. The molecule has 30 heavy (non-hydrogen) atoms. The second-order valence-electron chi connectivity index (χ2n) is 6.10. The van der Waals surface area contributed by atoms with Gasteiger partial charge in [0.15, 0.2) is 12.2 Å². The van der Waals surface area contributed by atoms with E-state index in [-0.39, 0.29) is 0 Å². The van der Waals surface area contributed by atoms with E-state index >= 15 is 0 Å². The Morgan fingerprint density at radius 2 is 1.33 bits per heavy atom. The lowest BCUT2D eigenvalue weighted by atomic mass is 9.96. The van der Waals surface area contributed by atoms with Gasteiger partial charge in [0.25, 0.3) is 0 Å². The molecule has 0 bridgehead atoms. The van der Waals surface area contributed by atoms with Gasteiger partial charge in [-0.3, -0.25) is 24.0 Å². The number of carbonyl (C=O) groups is 5. The quantitative estimate of drug-likeness (QED) is 0.431. The Labute approximate surface area is 168 Å². The minimum absolute atomic E-state index is 0.594. The molecule has 170 valence electrons. The molecule has 1 heterocycles. The Hall–Kier alpha value is -2.90. The summed E-state index contributed by atoms with van der Waals surface area (Å²) in [5.74, 6) is -6.20. The zero-order valence-electron chi connectivity index (χ0n) is 16.3. The Kier molecular flexibility index (Phi) is 8.57. The van der Waals surface area contributed by atoms with Crippen LogP contribution in [0.25, 0.3) is 0 Å². The fourth-order valence-electron chi connectivity index (χ4n) is 2.55. The van der Waals surface area contributed by atoms with Gasteiger partial charge in [0.2, 0.25) is 6.29 Å². The number of ether oxygens (including phenoxy) is 5. The van der Waals surface area contributed by atoms with Gasteiger partial charge < -0.3 is 29.0 Å². The first kappa shape index (κ1) is 25.1. The number of hydrogen-bond acceptors (Lipinski definition) is 10. The van der Waals surface area contributed by atoms with Crippen LogP contribution in [0.3, 0.4) is 0 Å². The van der Waals surface area contributed by atoms with Crippen LogP contribution in [0.5, 0.6) is 0 Å². The molecule has 1 N–H and O–H groups in total. The highest BCUT2D eigenvalue weighted by Crippen LogP contribution is 2.29. The summed E-state index contributed by atoms with van der Waals surface area (Å²) in [5.41, 5.74) is 0. The first-order valence-electron chi connectivity index (χ1n) is 8.40. The van der Waals surface area contributed by atoms with Crippen molar-refractivity contribution in [3.63, 3.8) is 0 Å². The summed E-state index contributed by atoms with van der Waals surface area (Å²) >= 11 is 0. The number of alkyl halides is 3. The van der Waals surface area contributed by atoms with Crippen molar-refractivity contribution in [2.75, 3.05) is 6.61 Å². The molecule has 1 amide bonds. The highest BCUT2D eigenvalue weighted by atomic mass is 19.4. The maximum atomic E-state index is 12.8. The van der Waals surface area contributed by atoms with Crippen molar-refractivity contribution >= 4 is 29.8 Å². The number of halogens is 3. The van der Waals surface area contributed by atoms with E-state index in [9.17, 15) is 37.1 Å². The molecule has 0 aromatic carbocycles. The molecule has 5 atom stereocenters. The Balaban J connectivity index is 3.39. The van der Waals surface area contributed by atoms with Crippen LogP contribution in [-0.2, 0) is 47.7 Å². The van der Waals surface area contributed by atoms with Gasteiger partial charge in [0.1, 0.15) is 18.8 Å². The van der Waals surface area contributed by atoms with Crippen LogP contribution in [-0.4, -0.2) is 73.2 Å². The van der Waals surface area contributed by atoms with Crippen LogP contribution >= 0.6 is 0 Å². The largest absolute Gasteiger partial charge is 0.471 e. The summed E-state index contributed by atoms with van der Waals surface area (Å²) in [6.45, 7) is 3.22. The fraction of sp³-hybridized carbons (Fsp3) is 0.688. The normalized spacial score (nSPS) is 26.2. The van der Waals surface area contributed by atoms with Gasteiger partial charge >= 0.3 is 36.0 Å². The number of carbonyl (C=O) groups excluding carboxylic acids is 5. The molecule has 1 rings (SSSR count). The summed E-state index contributed by atoms with van der Waals surface area (Å²) in [7, 11) is 0. The van der Waals surface area contributed by atoms with Crippen molar-refractivity contribution < 1.29 is 60.8 Å². The van der Waals surface area contributed by atoms with E-state index in [4.69, 9.17) is 23.7 Å². The highest BCUT2D eigenvalue weighted by Gasteiger charge is 2.54. The van der Waals surface area contributed by atoms with Crippen molar-refractivity contribution in [1.82, 2.24) is 5.32 Å². The summed E-state index contributed by atoms with van der Waals surface area (Å²) < 4.78 is 63.2. The van der Waals surface area contributed by atoms with Crippen molar-refractivity contribution in [2.45, 2.75) is 64.5 Å². The van der Waals surface area contributed by atoms with Crippen molar-refractivity contribution in [2.24, 2.45) is 0 Å². The van der Waals surface area contributed by atoms with Gasteiger partial charge in [-0.2, -0.15) is 13.2 Å². The lowest BCUT2D eigenvalue weighted by Gasteiger charge is -2.44. The average Bonchev–Trinajstić information content (AvgIpc) is 2.56. The maximum Gasteiger partial charge on any atom is 0.471 e. The molecular weight excluding hydrogens is 423 g/mol. The zero-order valence-corrected chi connectivity index (χ0v) is 16.3. The van der Waals surface area contributed by atoms with Gasteiger partial charge in [-0.25, -0.2) is 0 Å². The second-order valence-corrected chi connectivity index (χ2v) is 6.10. The Bertz CT molecular complexity index is 695. The molecule has 0 aromatic rings. The third-order valence-corrected chi connectivity index (χ3v) is 3.54. The number of nitrogens with one attached hydrogen (secondary N) is 1. The maximum absolute atomic E-state index is 12.8. The van der Waals surface area contributed by atoms with Crippen LogP contribution in [0.4, 0.5) is 13.2 Å². The number of rotatable bonds is 6. The molecule has 3 unspecified atom stereocenters. The van der Waals surface area contributed by atoms with Crippen LogP contribution in [0.1, 0.15) is 27.7 Å². The van der Waals surface area contributed by atoms with E-state index < -0.39 is 73.2 Å². The molecule has 0 aromatic heterocycles. The van der Waals surface area contributed by atoms with Crippen molar-refractivity contribution in [3.8, 4) is 0 Å². The van der Waals surface area contributed by atoms with Crippen LogP contribution < -0.4 is 5.32 Å². The topological polar surface area (TPSA) is 144 Å². The van der Waals surface area contributed by atoms with E-state index in [2.05, 4.69) is 0 Å². The first-order valence-corrected chi connectivity index (χ1v) is 8.40. The van der Waals surface area contributed by atoms with E-state index in [1.807, 2.05) is 0 Å². The van der Waals surface area contributed by atoms with Crippen molar-refractivity contribution in [3.05, 3.63) is 0 Å². The minimum Gasteiger partial charge on any atom is -0.463 e. The second kappa shape index (κ2) is 10.2. The van der Waals surface area contributed by atoms with Gasteiger partial charge in [0, 0.05) is 27.7 Å². The lowest BCUT2D eigenvalue weighted by molar-refractivity contribution is -0.272. The van der Waals surface area contributed by atoms with Crippen molar-refractivity contribution in [1.29, 1.82) is 0 Å². The Morgan fingerprint density at radius 3 is 1.77 bits per heavy atom. The molecule has 0 spiro atoms. The number of hydrogen-bond donors (Lipinski definition) is 1. The van der Waals surface area contributed by atoms with E-state index in [1.54, 1.807) is 0 Å². The molecule has 11 nitrogen and oxygen atoms in total. The number of amides is 1. The molecule has 1 aliphatic rings. The van der Waals surface area contributed by atoms with E-state index in [0.29, 0.717) is 0 Å². The van der Waals surface area contributed by atoms with E-state index in [1.165, 1.54) is 5.32 Å². The summed E-state index contributed by atoms with van der Waals surface area (Å²) in [6.07, 6.45) is -12.0. The summed E-state index contributed by atoms with van der Waals surface area (Å²) in [4.78, 5) is 57.0. The molecule has 0 saturated carbocycles. The Morgan fingerprint density at radius 1 is 0.833 bits per heavy atom. The molecule has 0 aliphatic carbocycles. The standard InChI is InChI=1S/C16H20F3NO10/c1-6(21)26-5-10-12(27-7(2)22)13(28-8(3)23)11(14(30-10)29-9(4)24)20-15(25)16(17,18)19/h10-14H,5H2,1-4H3,(H,20,25)/t10?,11?,12-,13-,14?/m1/s1. The first-order chi connectivity index (χ1) is 13.7. The molecule has 1 aliphatic heterocycles. The van der Waals surface area contributed by atoms with Crippen LogP contribution in [0.2, 0.25) is 0 Å². The zero-order chi connectivity index (χ0) is 23.2. The van der Waals surface area contributed by atoms with Crippen LogP contribution in [0, 0.1) is 0 Å². The number of esters is 4. The van der Waals surface area contributed by atoms with Gasteiger partial charge in [-0.1, -0.05) is 0 Å². The lowest BCUT2D eigenvalue weighted by Crippen LogP contribution is -2.67. The summed E-state index contributed by atoms with van der Waals surface area (Å²) in [5, 5.41) is 1.52. The fourth-order valence-corrected chi connectivity index (χ4v) is 2.55. The van der Waals surface area contributed by atoms with Crippen LogP contribution in [0.15, 0.2) is 0 Å². The molecule has 1 fully saturated rings. The third kappa shape index (κ3) is 7.50. The average molecular weight is 443 g/mol. The molecule has 1 saturated heterocycles. The van der Waals surface area contributed by atoms with Gasteiger partial charge in [-0.15, -0.1) is 0 Å². The monoisotopic (exact) mass is 443 g/mol. The van der Waals surface area contributed by atoms with Gasteiger partial charge in [0.05, 0.1) is 0 Å². The predicted molar refractivity (Wildman–Crippen MR) is 86.2 cm³/mol. The SMILES string of the molecule is CC(=O)OCC1OC(OC(C)=O)C(NC(=O)C(F)(F)F)[C@@H](OC(C)=O)[C@@H]1OC(C)=O. The van der Waals surface area contributed by atoms with E-state index in [0.717, 1.165) is 27.7 Å². The summed E-state index contributed by atoms with van der Waals surface area (Å²) in [6, 6.07) is -1.91. The third-order valence-electron chi connectivity index (χ3n) is 3.54. The highest BCUT2D eigenvalue weighted by molar-refractivity contribution is 5.82. The van der Waals surface area contributed by atoms with Gasteiger partial charge in [-0.05, 0) is 0 Å².